The fraction of sp³-hybridized carbons (Fsp3) is 0.235. The molecule has 1 aliphatic rings. The highest BCUT2D eigenvalue weighted by molar-refractivity contribution is 6.30. The van der Waals surface area contributed by atoms with E-state index in [2.05, 4.69) is 87.9 Å². The summed E-state index contributed by atoms with van der Waals surface area (Å²) < 4.78 is 0. The van der Waals surface area contributed by atoms with Crippen LogP contribution < -0.4 is 5.32 Å². The second-order valence-corrected chi connectivity index (χ2v) is 10.4. The van der Waals surface area contributed by atoms with Crippen molar-refractivity contribution in [3.8, 4) is 0 Å². The summed E-state index contributed by atoms with van der Waals surface area (Å²) in [6.07, 6.45) is 2.23. The summed E-state index contributed by atoms with van der Waals surface area (Å²) in [5, 5.41) is 35.8. The number of carboxylic acid groups (broad SMARTS) is 4. The SMILES string of the molecule is Clc1ccc(C(NCCN2CCN(Cc3ccccc3)CC2)c2ccccc2)cc1.O=C(O)/C=C\C(=O)O.O=C(O)/C=C\C(=O)O. The molecular weight excluding hydrogens is 614 g/mol. The van der Waals surface area contributed by atoms with Crippen LogP contribution in [0.15, 0.2) is 109 Å². The zero-order valence-electron chi connectivity index (χ0n) is 25.1. The Kier molecular flexibility index (Phi) is 17.1. The van der Waals surface area contributed by atoms with Gasteiger partial charge in [0.15, 0.2) is 0 Å². The number of halogens is 1. The van der Waals surface area contributed by atoms with Crippen LogP contribution in [-0.2, 0) is 25.7 Å². The van der Waals surface area contributed by atoms with Gasteiger partial charge in [-0.3, -0.25) is 9.80 Å². The van der Waals surface area contributed by atoms with E-state index in [9.17, 15) is 19.2 Å². The van der Waals surface area contributed by atoms with E-state index in [0.717, 1.165) is 50.8 Å². The van der Waals surface area contributed by atoms with Crippen molar-refractivity contribution < 1.29 is 39.6 Å². The molecule has 1 aliphatic heterocycles. The number of carbonyl (C=O) groups is 4. The molecule has 1 atom stereocenters. The Hall–Kier alpha value is -4.81. The van der Waals surface area contributed by atoms with E-state index in [-0.39, 0.29) is 6.04 Å². The lowest BCUT2D eigenvalue weighted by Gasteiger charge is -2.35. The van der Waals surface area contributed by atoms with Gasteiger partial charge in [-0.05, 0) is 28.8 Å². The van der Waals surface area contributed by atoms with Gasteiger partial charge in [-0.1, -0.05) is 84.4 Å². The number of benzene rings is 3. The number of nitrogens with zero attached hydrogens (tertiary/aromatic N) is 2. The summed E-state index contributed by atoms with van der Waals surface area (Å²) in [7, 11) is 0. The molecule has 11 nitrogen and oxygen atoms in total. The first-order valence-corrected chi connectivity index (χ1v) is 14.7. The molecule has 12 heteroatoms. The van der Waals surface area contributed by atoms with E-state index in [4.69, 9.17) is 32.0 Å². The van der Waals surface area contributed by atoms with Crippen molar-refractivity contribution in [2.45, 2.75) is 12.6 Å². The normalized spacial score (nSPS) is 14.0. The number of hydrogen-bond donors (Lipinski definition) is 5. The number of aliphatic carboxylic acids is 4. The molecule has 1 saturated heterocycles. The summed E-state index contributed by atoms with van der Waals surface area (Å²) in [6.45, 7) is 7.61. The molecule has 1 heterocycles. The van der Waals surface area contributed by atoms with Crippen LogP contribution in [-0.4, -0.2) is 93.4 Å². The molecule has 5 N–H and O–H groups in total. The third kappa shape index (κ3) is 16.3. The van der Waals surface area contributed by atoms with Gasteiger partial charge in [-0.2, -0.15) is 0 Å². The topological polar surface area (TPSA) is 168 Å². The standard InChI is InChI=1S/C26H30ClN3.2C4H4O4/c27-25-13-11-24(12-14-25)26(23-9-5-2-6-10-23)28-15-16-29-17-19-30(20-18-29)21-22-7-3-1-4-8-22;2*5-3(6)1-2-4(7)8/h1-14,26,28H,15-21H2;2*1-2H,(H,5,6)(H,7,8)/b;2*2-1-. The van der Waals surface area contributed by atoms with Crippen LogP contribution in [0.3, 0.4) is 0 Å². The molecule has 0 aromatic heterocycles. The Morgan fingerprint density at radius 2 is 1.04 bits per heavy atom. The molecule has 244 valence electrons. The highest BCUT2D eigenvalue weighted by atomic mass is 35.5. The van der Waals surface area contributed by atoms with Gasteiger partial charge in [0.25, 0.3) is 0 Å². The van der Waals surface area contributed by atoms with Crippen LogP contribution in [0.25, 0.3) is 0 Å². The highest BCUT2D eigenvalue weighted by Crippen LogP contribution is 2.23. The molecule has 0 bridgehead atoms. The fourth-order valence-electron chi connectivity index (χ4n) is 4.39. The van der Waals surface area contributed by atoms with Gasteiger partial charge in [0, 0.05) is 75.1 Å². The summed E-state index contributed by atoms with van der Waals surface area (Å²) in [4.78, 5) is 43.3. The van der Waals surface area contributed by atoms with Crippen molar-refractivity contribution in [1.29, 1.82) is 0 Å². The quantitative estimate of drug-likeness (QED) is 0.178. The van der Waals surface area contributed by atoms with Crippen LogP contribution >= 0.6 is 11.6 Å². The van der Waals surface area contributed by atoms with Crippen LogP contribution in [0.5, 0.6) is 0 Å². The van der Waals surface area contributed by atoms with Gasteiger partial charge in [0.05, 0.1) is 6.04 Å². The van der Waals surface area contributed by atoms with Gasteiger partial charge in [-0.15, -0.1) is 0 Å². The van der Waals surface area contributed by atoms with Crippen molar-refractivity contribution in [2.75, 3.05) is 39.3 Å². The van der Waals surface area contributed by atoms with E-state index < -0.39 is 23.9 Å². The molecule has 1 unspecified atom stereocenters. The van der Waals surface area contributed by atoms with Crippen molar-refractivity contribution >= 4 is 35.5 Å². The van der Waals surface area contributed by atoms with Crippen molar-refractivity contribution in [3.63, 3.8) is 0 Å². The molecule has 4 rings (SSSR count). The minimum absolute atomic E-state index is 0.183. The van der Waals surface area contributed by atoms with Gasteiger partial charge in [-0.25, -0.2) is 19.2 Å². The zero-order chi connectivity index (χ0) is 33.7. The Labute approximate surface area is 272 Å². The van der Waals surface area contributed by atoms with Crippen LogP contribution in [0.1, 0.15) is 22.7 Å². The zero-order valence-corrected chi connectivity index (χ0v) is 25.9. The minimum atomic E-state index is -1.26. The minimum Gasteiger partial charge on any atom is -0.478 e. The molecule has 1 fully saturated rings. The Morgan fingerprint density at radius 1 is 0.630 bits per heavy atom. The first-order chi connectivity index (χ1) is 22.0. The third-order valence-corrected chi connectivity index (χ3v) is 6.82. The third-order valence-electron chi connectivity index (χ3n) is 6.56. The van der Waals surface area contributed by atoms with Crippen LogP contribution in [0, 0.1) is 0 Å². The maximum absolute atomic E-state index is 9.55. The summed E-state index contributed by atoms with van der Waals surface area (Å²) >= 11 is 6.10. The highest BCUT2D eigenvalue weighted by Gasteiger charge is 2.18. The lowest BCUT2D eigenvalue weighted by Crippen LogP contribution is -2.47. The van der Waals surface area contributed by atoms with Gasteiger partial charge in [0.1, 0.15) is 0 Å². The fourth-order valence-corrected chi connectivity index (χ4v) is 4.52. The van der Waals surface area contributed by atoms with Crippen molar-refractivity contribution in [1.82, 2.24) is 15.1 Å². The van der Waals surface area contributed by atoms with E-state index in [1.807, 2.05) is 12.1 Å². The maximum Gasteiger partial charge on any atom is 0.328 e. The summed E-state index contributed by atoms with van der Waals surface area (Å²) in [5.74, 6) is -5.03. The molecule has 0 saturated carbocycles. The van der Waals surface area contributed by atoms with E-state index in [0.29, 0.717) is 24.3 Å². The number of nitrogens with one attached hydrogen (secondary N) is 1. The molecule has 3 aromatic rings. The summed E-state index contributed by atoms with van der Waals surface area (Å²) in [6, 6.07) is 29.8. The van der Waals surface area contributed by atoms with Gasteiger partial charge < -0.3 is 25.7 Å². The van der Waals surface area contributed by atoms with E-state index >= 15 is 0 Å². The lowest BCUT2D eigenvalue weighted by atomic mass is 9.99. The van der Waals surface area contributed by atoms with Crippen molar-refractivity contribution in [3.05, 3.63) is 131 Å². The second kappa shape index (κ2) is 21.0. The largest absolute Gasteiger partial charge is 0.478 e. The van der Waals surface area contributed by atoms with E-state index in [1.165, 1.54) is 16.7 Å². The Morgan fingerprint density at radius 3 is 1.50 bits per heavy atom. The van der Waals surface area contributed by atoms with E-state index in [1.54, 1.807) is 0 Å². The molecule has 0 aliphatic carbocycles. The maximum atomic E-state index is 9.55. The Balaban J connectivity index is 0.000000381. The molecule has 3 aromatic carbocycles. The van der Waals surface area contributed by atoms with Gasteiger partial charge >= 0.3 is 23.9 Å². The monoisotopic (exact) mass is 651 g/mol. The van der Waals surface area contributed by atoms with Crippen LogP contribution in [0.4, 0.5) is 0 Å². The lowest BCUT2D eigenvalue weighted by molar-refractivity contribution is -0.134. The number of hydrogen-bond acceptors (Lipinski definition) is 7. The molecule has 0 radical (unpaired) electrons. The smallest absolute Gasteiger partial charge is 0.328 e. The predicted molar refractivity (Wildman–Crippen MR) is 175 cm³/mol. The molecular formula is C34H38ClN3O8. The average Bonchev–Trinajstić information content (AvgIpc) is 3.04. The first kappa shape index (κ1) is 37.4. The summed E-state index contributed by atoms with van der Waals surface area (Å²) in [5.41, 5.74) is 3.94. The average molecular weight is 652 g/mol. The molecule has 0 spiro atoms. The van der Waals surface area contributed by atoms with Crippen molar-refractivity contribution in [2.24, 2.45) is 0 Å². The number of piperazine rings is 1. The molecule has 0 amide bonds. The number of carboxylic acids is 4. The second-order valence-electron chi connectivity index (χ2n) is 9.97. The number of rotatable bonds is 12. The van der Waals surface area contributed by atoms with Crippen LogP contribution in [0.2, 0.25) is 5.02 Å². The van der Waals surface area contributed by atoms with Gasteiger partial charge in [0.2, 0.25) is 0 Å². The Bertz CT molecular complexity index is 1360. The first-order valence-electron chi connectivity index (χ1n) is 14.3. The predicted octanol–water partition coefficient (Wildman–Crippen LogP) is 4.26. The molecule has 46 heavy (non-hydrogen) atoms.